The van der Waals surface area contributed by atoms with E-state index in [4.69, 9.17) is 23.2 Å². The highest BCUT2D eigenvalue weighted by Crippen LogP contribution is 2.29. The molecule has 33 heavy (non-hydrogen) atoms. The first kappa shape index (κ1) is 28.1. The Kier molecular flexibility index (Phi) is 13.4. The van der Waals surface area contributed by atoms with Gasteiger partial charge in [0.1, 0.15) is 5.84 Å². The summed E-state index contributed by atoms with van der Waals surface area (Å²) in [6.07, 6.45) is 8.36. The van der Waals surface area contributed by atoms with Crippen LogP contribution in [0.3, 0.4) is 0 Å². The lowest BCUT2D eigenvalue weighted by Gasteiger charge is -2.14. The van der Waals surface area contributed by atoms with Crippen molar-refractivity contribution in [3.8, 4) is 0 Å². The number of halogens is 3. The monoisotopic (exact) mass is 609 g/mol. The predicted molar refractivity (Wildman–Crippen MR) is 145 cm³/mol. The van der Waals surface area contributed by atoms with Crippen LogP contribution in [0.15, 0.2) is 23.3 Å². The second-order valence-electron chi connectivity index (χ2n) is 8.32. The third-order valence-corrected chi connectivity index (χ3v) is 6.72. The summed E-state index contributed by atoms with van der Waals surface area (Å²) in [6.45, 7) is 4.23. The largest absolute Gasteiger partial charge is 0.356 e. The molecule has 0 bridgehead atoms. The van der Waals surface area contributed by atoms with Crippen molar-refractivity contribution in [1.29, 1.82) is 0 Å². The molecule has 1 heterocycles. The molecule has 184 valence electrons. The Balaban J connectivity index is 1.58. The van der Waals surface area contributed by atoms with Crippen LogP contribution in [0.4, 0.5) is 5.69 Å². The van der Waals surface area contributed by atoms with E-state index in [1.54, 1.807) is 12.1 Å². The van der Waals surface area contributed by atoms with E-state index in [1.807, 2.05) is 18.0 Å². The van der Waals surface area contributed by atoms with E-state index in [0.717, 1.165) is 25.1 Å². The van der Waals surface area contributed by atoms with Crippen molar-refractivity contribution in [2.75, 3.05) is 24.6 Å². The number of carbonyl (C=O) groups excluding carboxylic acids is 2. The maximum atomic E-state index is 12.3. The molecule has 0 radical (unpaired) electrons. The minimum absolute atomic E-state index is 0.0653. The molecule has 0 saturated carbocycles. The van der Waals surface area contributed by atoms with Crippen molar-refractivity contribution in [3.63, 3.8) is 0 Å². The molecule has 10 heteroatoms. The summed E-state index contributed by atoms with van der Waals surface area (Å²) in [6, 6.07) is 5.35. The number of anilines is 1. The Morgan fingerprint density at radius 3 is 2.42 bits per heavy atom. The van der Waals surface area contributed by atoms with Crippen molar-refractivity contribution in [2.45, 2.75) is 64.7 Å². The van der Waals surface area contributed by atoms with Gasteiger partial charge in [0.05, 0.1) is 22.3 Å². The molecule has 1 aromatic rings. The van der Waals surface area contributed by atoms with Crippen LogP contribution in [-0.2, 0) is 9.59 Å². The fourth-order valence-corrected chi connectivity index (χ4v) is 4.20. The highest BCUT2D eigenvalue weighted by atomic mass is 127. The summed E-state index contributed by atoms with van der Waals surface area (Å²) in [5.74, 6) is 0.700. The molecule has 2 amide bonds. The fraction of sp³-hybridized carbons (Fsp3) is 0.609. The Morgan fingerprint density at radius 1 is 1.00 bits per heavy atom. The fourth-order valence-electron chi connectivity index (χ4n) is 3.53. The van der Waals surface area contributed by atoms with Gasteiger partial charge in [0.15, 0.2) is 0 Å². The second kappa shape index (κ2) is 15.7. The number of nitrogens with zero attached hydrogens (tertiary/aromatic N) is 2. The Labute approximate surface area is 220 Å². The van der Waals surface area contributed by atoms with Crippen molar-refractivity contribution < 1.29 is 9.59 Å². The van der Waals surface area contributed by atoms with Crippen molar-refractivity contribution in [2.24, 2.45) is 11.0 Å². The summed E-state index contributed by atoms with van der Waals surface area (Å²) >= 11 is 14.2. The summed E-state index contributed by atoms with van der Waals surface area (Å²) in [5.41, 5.74) is 0.830. The van der Waals surface area contributed by atoms with Gasteiger partial charge in [0, 0.05) is 54.7 Å². The number of rotatable bonds is 14. The Bertz CT molecular complexity index is 809. The predicted octanol–water partition coefficient (Wildman–Crippen LogP) is 5.45. The van der Waals surface area contributed by atoms with Gasteiger partial charge in [-0.3, -0.25) is 18.1 Å². The number of benzene rings is 1. The lowest BCUT2D eigenvalue weighted by atomic mass is 10.1. The molecule has 2 rings (SSSR count). The van der Waals surface area contributed by atoms with Crippen LogP contribution in [0.2, 0.25) is 10.0 Å². The molecule has 0 aliphatic carbocycles. The number of unbranched alkanes of at least 4 members (excludes halogenated alkanes) is 5. The van der Waals surface area contributed by atoms with Gasteiger partial charge in [-0.2, -0.15) is 5.10 Å². The van der Waals surface area contributed by atoms with Crippen molar-refractivity contribution in [1.82, 2.24) is 14.2 Å². The average molecular weight is 610 g/mol. The van der Waals surface area contributed by atoms with Crippen LogP contribution in [0.25, 0.3) is 0 Å². The molecule has 1 atom stereocenters. The molecule has 3 N–H and O–H groups in total. The quantitative estimate of drug-likeness (QED) is 0.149. The number of hydrogen-bond acceptors (Lipinski definition) is 5. The lowest BCUT2D eigenvalue weighted by Crippen LogP contribution is -2.34. The molecule has 0 spiro atoms. The van der Waals surface area contributed by atoms with Gasteiger partial charge in [-0.15, -0.1) is 0 Å². The first-order valence-electron chi connectivity index (χ1n) is 11.6. The number of nitrogens with one attached hydrogen (secondary N) is 3. The zero-order valence-electron chi connectivity index (χ0n) is 19.1. The minimum atomic E-state index is -0.0939. The maximum Gasteiger partial charge on any atom is 0.225 e. The zero-order chi connectivity index (χ0) is 24.1. The van der Waals surface area contributed by atoms with E-state index in [1.165, 1.54) is 25.7 Å². The van der Waals surface area contributed by atoms with Crippen LogP contribution in [0.5, 0.6) is 0 Å². The van der Waals surface area contributed by atoms with Crippen LogP contribution in [0.1, 0.15) is 64.7 Å². The average Bonchev–Trinajstić information content (AvgIpc) is 3.15. The summed E-state index contributed by atoms with van der Waals surface area (Å²) in [7, 11) is 0. The van der Waals surface area contributed by atoms with Gasteiger partial charge >= 0.3 is 0 Å². The normalized spacial score (nSPS) is 15.5. The molecule has 1 aliphatic heterocycles. The van der Waals surface area contributed by atoms with E-state index in [-0.39, 0.29) is 17.7 Å². The van der Waals surface area contributed by atoms with E-state index >= 15 is 0 Å². The van der Waals surface area contributed by atoms with Gasteiger partial charge < -0.3 is 10.6 Å². The van der Waals surface area contributed by atoms with E-state index in [9.17, 15) is 9.59 Å². The molecule has 1 aliphatic rings. The van der Waals surface area contributed by atoms with Gasteiger partial charge in [-0.25, -0.2) is 0 Å². The third-order valence-electron chi connectivity index (χ3n) is 5.44. The number of amides is 2. The van der Waals surface area contributed by atoms with Gasteiger partial charge in [0.2, 0.25) is 11.8 Å². The number of hydrazone groups is 1. The van der Waals surface area contributed by atoms with Crippen molar-refractivity contribution >= 4 is 69.4 Å². The molecule has 1 unspecified atom stereocenters. The number of carbonyl (C=O) groups is 2. The highest BCUT2D eigenvalue weighted by Gasteiger charge is 2.25. The molecular formula is C23H34Cl2IN5O2. The SMILES string of the molecule is CC1CN(c2ccc(Cl)c(Cl)c2)N=C1NC(=O)CCCNC(=O)CCCCCCCCNI. The third kappa shape index (κ3) is 10.8. The summed E-state index contributed by atoms with van der Waals surface area (Å²) < 4.78 is 3.12. The Hall–Kier alpha value is -1.10. The molecule has 7 nitrogen and oxygen atoms in total. The maximum absolute atomic E-state index is 12.3. The molecular weight excluding hydrogens is 576 g/mol. The lowest BCUT2D eigenvalue weighted by molar-refractivity contribution is -0.122. The Morgan fingerprint density at radius 2 is 1.70 bits per heavy atom. The number of amidine groups is 1. The summed E-state index contributed by atoms with van der Waals surface area (Å²) in [5, 5.41) is 13.1. The van der Waals surface area contributed by atoms with Crippen LogP contribution < -0.4 is 19.2 Å². The molecule has 0 saturated heterocycles. The standard InChI is InChI=1S/C23H34Cl2IN5O2/c1-17-16-31(18-11-12-19(24)20(25)15-18)30-23(17)29-22(33)10-8-13-27-21(32)9-6-4-2-3-5-7-14-28-26/h11-12,15,17,28H,2-10,13-14,16H2,1H3,(H,27,32)(H,29,30,33). The van der Waals surface area contributed by atoms with E-state index in [0.29, 0.717) is 48.2 Å². The first-order chi connectivity index (χ1) is 15.9. The molecule has 0 aromatic heterocycles. The highest BCUT2D eigenvalue weighted by molar-refractivity contribution is 14.1. The van der Waals surface area contributed by atoms with Crippen LogP contribution in [0, 0.1) is 5.92 Å². The zero-order valence-corrected chi connectivity index (χ0v) is 22.8. The van der Waals surface area contributed by atoms with E-state index in [2.05, 4.69) is 42.1 Å². The van der Waals surface area contributed by atoms with E-state index < -0.39 is 0 Å². The van der Waals surface area contributed by atoms with Crippen molar-refractivity contribution in [3.05, 3.63) is 28.2 Å². The topological polar surface area (TPSA) is 85.8 Å². The van der Waals surface area contributed by atoms with Gasteiger partial charge in [-0.1, -0.05) is 55.8 Å². The van der Waals surface area contributed by atoms with Gasteiger partial charge in [0.25, 0.3) is 0 Å². The van der Waals surface area contributed by atoms with Crippen LogP contribution in [-0.4, -0.2) is 37.3 Å². The van der Waals surface area contributed by atoms with Gasteiger partial charge in [-0.05, 0) is 37.5 Å². The molecule has 0 fully saturated rings. The smallest absolute Gasteiger partial charge is 0.225 e. The molecule has 1 aromatic carbocycles. The first-order valence-corrected chi connectivity index (χ1v) is 13.4. The summed E-state index contributed by atoms with van der Waals surface area (Å²) in [4.78, 5) is 24.2. The second-order valence-corrected chi connectivity index (χ2v) is 9.90. The minimum Gasteiger partial charge on any atom is -0.356 e. The number of hydrogen-bond donors (Lipinski definition) is 3. The van der Waals surface area contributed by atoms with Crippen LogP contribution >= 0.6 is 46.1 Å².